The molecule has 2 aromatic heterocycles. The number of rotatable bonds is 5. The van der Waals surface area contributed by atoms with E-state index in [0.717, 1.165) is 11.0 Å². The lowest BCUT2D eigenvalue weighted by Gasteiger charge is -2.16. The highest BCUT2D eigenvalue weighted by molar-refractivity contribution is 8.18. The summed E-state index contributed by atoms with van der Waals surface area (Å²) < 4.78 is 41.5. The van der Waals surface area contributed by atoms with Crippen LogP contribution in [0.5, 0.6) is 0 Å². The van der Waals surface area contributed by atoms with E-state index in [1.165, 1.54) is 12.1 Å². The van der Waals surface area contributed by atoms with Crippen molar-refractivity contribution in [1.29, 1.82) is 0 Å². The molecule has 1 aliphatic rings. The first-order valence-electron chi connectivity index (χ1n) is 10.4. The van der Waals surface area contributed by atoms with E-state index in [1.54, 1.807) is 25.1 Å². The molecule has 0 radical (unpaired) electrons. The van der Waals surface area contributed by atoms with Crippen molar-refractivity contribution in [2.75, 3.05) is 0 Å². The van der Waals surface area contributed by atoms with Crippen molar-refractivity contribution in [2.24, 2.45) is 0 Å². The topological polar surface area (TPSA) is 121 Å². The Labute approximate surface area is 210 Å². The van der Waals surface area contributed by atoms with Crippen LogP contribution in [0.15, 0.2) is 41.3 Å². The van der Waals surface area contributed by atoms with Gasteiger partial charge in [0.15, 0.2) is 5.82 Å². The number of carbonyl (C=O) groups excluding carboxylic acids is 2. The minimum atomic E-state index is -4.68. The van der Waals surface area contributed by atoms with Crippen molar-refractivity contribution in [2.45, 2.75) is 26.1 Å². The van der Waals surface area contributed by atoms with Gasteiger partial charge in [-0.3, -0.25) is 24.7 Å². The SMILES string of the molecule is Cc1nc(CN2C(=O)S/C(=C(/Cc3ccc(Cl)cc3C(F)(F)F)c3ccc4[nH]nnc4c3)C2=O)n[nH]1. The van der Waals surface area contributed by atoms with E-state index in [9.17, 15) is 22.8 Å². The molecule has 5 rings (SSSR count). The molecule has 9 nitrogen and oxygen atoms in total. The van der Waals surface area contributed by atoms with Crippen LogP contribution in [-0.4, -0.2) is 46.6 Å². The number of benzene rings is 2. The Morgan fingerprint density at radius 1 is 1.14 bits per heavy atom. The molecule has 0 bridgehead atoms. The van der Waals surface area contributed by atoms with Crippen molar-refractivity contribution in [1.82, 2.24) is 35.5 Å². The van der Waals surface area contributed by atoms with Gasteiger partial charge in [0.2, 0.25) is 0 Å². The highest BCUT2D eigenvalue weighted by Crippen LogP contribution is 2.41. The number of carbonyl (C=O) groups is 2. The molecule has 2 aromatic carbocycles. The summed E-state index contributed by atoms with van der Waals surface area (Å²) in [7, 11) is 0. The fraction of sp³-hybridized carbons (Fsp3) is 0.182. The van der Waals surface area contributed by atoms with E-state index in [0.29, 0.717) is 34.2 Å². The number of alkyl halides is 3. The predicted molar refractivity (Wildman–Crippen MR) is 126 cm³/mol. The Morgan fingerprint density at radius 3 is 2.67 bits per heavy atom. The third kappa shape index (κ3) is 4.58. The molecule has 14 heteroatoms. The first-order valence-corrected chi connectivity index (χ1v) is 11.6. The molecule has 36 heavy (non-hydrogen) atoms. The fourth-order valence-electron chi connectivity index (χ4n) is 3.82. The maximum Gasteiger partial charge on any atom is 0.416 e. The van der Waals surface area contributed by atoms with Gasteiger partial charge in [-0.1, -0.05) is 28.9 Å². The van der Waals surface area contributed by atoms with Crippen molar-refractivity contribution >= 4 is 51.1 Å². The highest BCUT2D eigenvalue weighted by atomic mass is 35.5. The number of halogens is 4. The van der Waals surface area contributed by atoms with Crippen LogP contribution >= 0.6 is 23.4 Å². The second kappa shape index (κ2) is 9.06. The first kappa shape index (κ1) is 24.0. The van der Waals surface area contributed by atoms with E-state index in [2.05, 4.69) is 30.6 Å². The van der Waals surface area contributed by atoms with Gasteiger partial charge >= 0.3 is 6.18 Å². The molecule has 0 atom stereocenters. The largest absolute Gasteiger partial charge is 0.416 e. The smallest absolute Gasteiger partial charge is 0.268 e. The summed E-state index contributed by atoms with van der Waals surface area (Å²) >= 11 is 6.50. The number of imide groups is 1. The number of aryl methyl sites for hydroxylation is 1. The van der Waals surface area contributed by atoms with Gasteiger partial charge in [0, 0.05) is 5.02 Å². The van der Waals surface area contributed by atoms with E-state index >= 15 is 0 Å². The second-order valence-corrected chi connectivity index (χ2v) is 9.32. The minimum Gasteiger partial charge on any atom is -0.268 e. The minimum absolute atomic E-state index is 0.0122. The Balaban J connectivity index is 1.62. The molecule has 1 fully saturated rings. The van der Waals surface area contributed by atoms with Crippen LogP contribution in [0, 0.1) is 6.92 Å². The van der Waals surface area contributed by atoms with Crippen LogP contribution in [0.3, 0.4) is 0 Å². The average Bonchev–Trinajstić information content (AvgIpc) is 3.53. The van der Waals surface area contributed by atoms with Crippen LogP contribution in [0.25, 0.3) is 16.6 Å². The van der Waals surface area contributed by atoms with Gasteiger partial charge in [0.05, 0.1) is 22.5 Å². The fourth-order valence-corrected chi connectivity index (χ4v) is 4.93. The van der Waals surface area contributed by atoms with Crippen molar-refractivity contribution in [3.05, 3.63) is 74.7 Å². The number of hydrogen-bond donors (Lipinski definition) is 2. The van der Waals surface area contributed by atoms with Crippen LogP contribution < -0.4 is 0 Å². The maximum atomic E-state index is 13.8. The third-order valence-corrected chi connectivity index (χ3v) is 6.74. The zero-order chi connectivity index (χ0) is 25.6. The summed E-state index contributed by atoms with van der Waals surface area (Å²) in [6, 6.07) is 8.34. The van der Waals surface area contributed by atoms with Gasteiger partial charge in [-0.15, -0.1) is 5.10 Å². The molecule has 184 valence electrons. The Morgan fingerprint density at radius 2 is 1.94 bits per heavy atom. The monoisotopic (exact) mass is 533 g/mol. The average molecular weight is 534 g/mol. The number of fused-ring (bicyclic) bond motifs is 1. The molecular formula is C22H15ClF3N7O2S. The van der Waals surface area contributed by atoms with Crippen LogP contribution in [0.4, 0.5) is 18.0 Å². The molecule has 2 N–H and O–H groups in total. The predicted octanol–water partition coefficient (Wildman–Crippen LogP) is 4.91. The van der Waals surface area contributed by atoms with Gasteiger partial charge in [0.1, 0.15) is 11.3 Å². The number of aromatic nitrogens is 6. The molecule has 0 aliphatic carbocycles. The van der Waals surface area contributed by atoms with Crippen molar-refractivity contribution in [3.8, 4) is 0 Å². The molecule has 0 saturated carbocycles. The molecular weight excluding hydrogens is 519 g/mol. The highest BCUT2D eigenvalue weighted by Gasteiger charge is 2.39. The van der Waals surface area contributed by atoms with Crippen LogP contribution in [0.1, 0.15) is 28.3 Å². The number of amides is 2. The quantitative estimate of drug-likeness (QED) is 0.350. The summed E-state index contributed by atoms with van der Waals surface area (Å²) in [5.74, 6) is 0.0976. The van der Waals surface area contributed by atoms with Crippen LogP contribution in [0.2, 0.25) is 5.02 Å². The molecule has 0 spiro atoms. The van der Waals surface area contributed by atoms with Gasteiger partial charge in [-0.25, -0.2) is 4.98 Å². The number of nitrogens with zero attached hydrogens (tertiary/aromatic N) is 5. The van der Waals surface area contributed by atoms with E-state index in [1.807, 2.05) is 0 Å². The number of allylic oxidation sites excluding steroid dienone is 1. The lowest BCUT2D eigenvalue weighted by atomic mass is 9.94. The molecule has 3 heterocycles. The lowest BCUT2D eigenvalue weighted by Crippen LogP contribution is -2.28. The summed E-state index contributed by atoms with van der Waals surface area (Å²) in [6.45, 7) is 1.50. The van der Waals surface area contributed by atoms with Gasteiger partial charge in [0.25, 0.3) is 11.1 Å². The molecule has 1 saturated heterocycles. The summed E-state index contributed by atoms with van der Waals surface area (Å²) in [5.41, 5.74) is 0.702. The third-order valence-electron chi connectivity index (χ3n) is 5.49. The summed E-state index contributed by atoms with van der Waals surface area (Å²) in [6.07, 6.45) is -4.96. The number of thioether (sulfide) groups is 1. The second-order valence-electron chi connectivity index (χ2n) is 7.92. The lowest BCUT2D eigenvalue weighted by molar-refractivity contribution is -0.138. The number of aromatic amines is 2. The molecule has 2 amide bonds. The number of hydrogen-bond acceptors (Lipinski definition) is 7. The van der Waals surface area contributed by atoms with Crippen LogP contribution in [-0.2, 0) is 23.9 Å². The number of nitrogens with one attached hydrogen (secondary N) is 2. The van der Waals surface area contributed by atoms with Gasteiger partial charge in [-0.05, 0) is 66.1 Å². The first-order chi connectivity index (χ1) is 17.1. The van der Waals surface area contributed by atoms with E-state index in [-0.39, 0.29) is 39.9 Å². The summed E-state index contributed by atoms with van der Waals surface area (Å²) in [4.78, 5) is 31.2. The normalized spacial score (nSPS) is 15.9. The number of H-pyrrole nitrogens is 2. The zero-order valence-corrected chi connectivity index (χ0v) is 19.9. The van der Waals surface area contributed by atoms with Crippen molar-refractivity contribution < 1.29 is 22.8 Å². The standard InChI is InChI=1S/C22H15ClF3N7O2S/c1-10-27-18(31-28-10)9-33-20(34)19(36-21(33)35)14(11-3-5-16-17(7-11)30-32-29-16)6-12-2-4-13(23)8-15(12)22(24,25)26/h2-5,7-8H,6,9H2,1H3,(H,27,28,31)(H,29,30,32)/b19-14-. The molecule has 0 unspecified atom stereocenters. The Kier molecular flexibility index (Phi) is 6.04. The Hall–Kier alpha value is -3.71. The maximum absolute atomic E-state index is 13.8. The van der Waals surface area contributed by atoms with Crippen molar-refractivity contribution in [3.63, 3.8) is 0 Å². The Bertz CT molecular complexity index is 1550. The zero-order valence-electron chi connectivity index (χ0n) is 18.4. The molecule has 4 aromatic rings. The van der Waals surface area contributed by atoms with E-state index < -0.39 is 22.9 Å². The summed E-state index contributed by atoms with van der Waals surface area (Å²) in [5, 5.41) is 16.3. The van der Waals surface area contributed by atoms with Gasteiger partial charge < -0.3 is 0 Å². The molecule has 1 aliphatic heterocycles. The van der Waals surface area contributed by atoms with Gasteiger partial charge in [-0.2, -0.15) is 18.3 Å². The van der Waals surface area contributed by atoms with E-state index in [4.69, 9.17) is 11.6 Å².